The lowest BCUT2D eigenvalue weighted by Crippen LogP contribution is -2.21. The number of rotatable bonds is 5. The number of nitrogens with one attached hydrogen (secondary N) is 1. The third kappa shape index (κ3) is 4.04. The van der Waals surface area contributed by atoms with Crippen molar-refractivity contribution in [1.82, 2.24) is 0 Å². The van der Waals surface area contributed by atoms with Crippen molar-refractivity contribution in [3.05, 3.63) is 80.2 Å². The van der Waals surface area contributed by atoms with Crippen molar-refractivity contribution in [1.29, 1.82) is 0 Å². The predicted molar refractivity (Wildman–Crippen MR) is 99.2 cm³/mol. The molecule has 1 N–H and O–H groups in total. The smallest absolute Gasteiger partial charge is 0.374 e. The number of nitro groups is 1. The van der Waals surface area contributed by atoms with Crippen LogP contribution in [0.15, 0.2) is 57.7 Å². The van der Waals surface area contributed by atoms with E-state index in [0.717, 1.165) is 6.07 Å². The number of carbonyl (C=O) groups is 2. The van der Waals surface area contributed by atoms with Gasteiger partial charge >= 0.3 is 5.97 Å². The Bertz CT molecular complexity index is 1150. The molecule has 0 saturated carbocycles. The third-order valence-corrected chi connectivity index (χ3v) is 3.87. The average molecular weight is 382 g/mol. The molecule has 1 amide bonds. The molecule has 0 aliphatic carbocycles. The highest BCUT2D eigenvalue weighted by molar-refractivity contribution is 5.95. The number of non-ortho nitro benzene ring substituents is 1. The number of fused-ring (bicyclic) bond motifs is 1. The van der Waals surface area contributed by atoms with E-state index in [1.807, 2.05) is 0 Å². The van der Waals surface area contributed by atoms with Crippen LogP contribution in [0.3, 0.4) is 0 Å². The Hall–Kier alpha value is -4.01. The molecule has 1 aromatic heterocycles. The summed E-state index contributed by atoms with van der Waals surface area (Å²) in [5.74, 6) is -1.92. The van der Waals surface area contributed by atoms with E-state index >= 15 is 0 Å². The maximum atomic E-state index is 12.1. The van der Waals surface area contributed by atoms with Crippen LogP contribution in [-0.4, -0.2) is 23.4 Å². The average Bonchev–Trinajstić information content (AvgIpc) is 2.67. The van der Waals surface area contributed by atoms with E-state index in [0.29, 0.717) is 16.6 Å². The first-order chi connectivity index (χ1) is 13.3. The second-order valence-corrected chi connectivity index (χ2v) is 5.85. The minimum absolute atomic E-state index is 0.103. The maximum Gasteiger partial charge on any atom is 0.374 e. The predicted octanol–water partition coefficient (Wildman–Crippen LogP) is 2.81. The first-order valence-electron chi connectivity index (χ1n) is 8.10. The van der Waals surface area contributed by atoms with Crippen LogP contribution < -0.4 is 10.7 Å². The number of nitrogens with zero attached hydrogens (tertiary/aromatic N) is 1. The van der Waals surface area contributed by atoms with Gasteiger partial charge in [0.05, 0.1) is 10.3 Å². The number of benzene rings is 2. The summed E-state index contributed by atoms with van der Waals surface area (Å²) < 4.78 is 10.2. The SMILES string of the molecule is Cc1cc([N+](=O)[O-])ccc1NC(=O)COC(=O)c1cc(=O)c2ccccc2o1. The van der Waals surface area contributed by atoms with Gasteiger partial charge in [-0.3, -0.25) is 19.7 Å². The number of aryl methyl sites for hydroxylation is 1. The maximum absolute atomic E-state index is 12.1. The molecule has 0 aliphatic heterocycles. The molecule has 0 aliphatic rings. The highest BCUT2D eigenvalue weighted by Gasteiger charge is 2.16. The van der Waals surface area contributed by atoms with Gasteiger partial charge in [0, 0.05) is 23.9 Å². The molecule has 9 heteroatoms. The summed E-state index contributed by atoms with van der Waals surface area (Å²) in [6, 6.07) is 11.4. The lowest BCUT2D eigenvalue weighted by Gasteiger charge is -2.09. The zero-order valence-electron chi connectivity index (χ0n) is 14.6. The molecule has 2 aromatic carbocycles. The molecule has 0 atom stereocenters. The number of hydrogen-bond donors (Lipinski definition) is 1. The zero-order chi connectivity index (χ0) is 20.3. The van der Waals surface area contributed by atoms with Gasteiger partial charge in [-0.15, -0.1) is 0 Å². The number of para-hydroxylation sites is 1. The minimum atomic E-state index is -0.960. The molecule has 0 saturated heterocycles. The van der Waals surface area contributed by atoms with Crippen LogP contribution in [0.4, 0.5) is 11.4 Å². The Balaban J connectivity index is 1.65. The Kier molecular flexibility index (Phi) is 5.16. The van der Waals surface area contributed by atoms with E-state index in [1.165, 1.54) is 24.3 Å². The quantitative estimate of drug-likeness (QED) is 0.408. The van der Waals surface area contributed by atoms with E-state index in [4.69, 9.17) is 9.15 Å². The van der Waals surface area contributed by atoms with Crippen molar-refractivity contribution < 1.29 is 23.7 Å². The fourth-order valence-corrected chi connectivity index (χ4v) is 2.49. The van der Waals surface area contributed by atoms with Crippen LogP contribution in [0.25, 0.3) is 11.0 Å². The second-order valence-electron chi connectivity index (χ2n) is 5.85. The number of esters is 1. The number of nitro benzene ring substituents is 1. The molecule has 0 fully saturated rings. The van der Waals surface area contributed by atoms with Gasteiger partial charge in [0.1, 0.15) is 5.58 Å². The molecule has 0 radical (unpaired) electrons. The van der Waals surface area contributed by atoms with Crippen molar-refractivity contribution in [2.24, 2.45) is 0 Å². The molecule has 9 nitrogen and oxygen atoms in total. The van der Waals surface area contributed by atoms with E-state index in [2.05, 4.69) is 5.32 Å². The molecule has 1 heterocycles. The lowest BCUT2D eigenvalue weighted by molar-refractivity contribution is -0.384. The fraction of sp³-hybridized carbons (Fsp3) is 0.105. The van der Waals surface area contributed by atoms with E-state index in [-0.39, 0.29) is 17.0 Å². The van der Waals surface area contributed by atoms with Gasteiger partial charge in [0.2, 0.25) is 5.76 Å². The van der Waals surface area contributed by atoms with Crippen molar-refractivity contribution in [2.45, 2.75) is 6.92 Å². The van der Waals surface area contributed by atoms with Crippen molar-refractivity contribution >= 4 is 34.2 Å². The van der Waals surface area contributed by atoms with E-state index < -0.39 is 28.8 Å². The summed E-state index contributed by atoms with van der Waals surface area (Å²) in [5.41, 5.74) is 0.555. The van der Waals surface area contributed by atoms with E-state index in [1.54, 1.807) is 25.1 Å². The van der Waals surface area contributed by atoms with Gasteiger partial charge < -0.3 is 14.5 Å². The first kappa shape index (κ1) is 18.8. The van der Waals surface area contributed by atoms with Crippen molar-refractivity contribution in [2.75, 3.05) is 11.9 Å². The molecule has 0 bridgehead atoms. The standard InChI is InChI=1S/C19H14N2O7/c1-11-8-12(21(25)26)6-7-14(11)20-18(23)10-27-19(24)17-9-15(22)13-4-2-3-5-16(13)28-17/h2-9H,10H2,1H3,(H,20,23). The summed E-state index contributed by atoms with van der Waals surface area (Å²) >= 11 is 0. The summed E-state index contributed by atoms with van der Waals surface area (Å²) in [4.78, 5) is 46.2. The zero-order valence-corrected chi connectivity index (χ0v) is 14.6. The largest absolute Gasteiger partial charge is 0.450 e. The third-order valence-electron chi connectivity index (χ3n) is 3.87. The van der Waals surface area contributed by atoms with Crippen molar-refractivity contribution in [3.8, 4) is 0 Å². The number of carbonyl (C=O) groups excluding carboxylic acids is 2. The van der Waals surface area contributed by atoms with Gasteiger partial charge in [0.15, 0.2) is 12.0 Å². The molecule has 142 valence electrons. The molecular weight excluding hydrogens is 368 g/mol. The van der Waals surface area contributed by atoms with E-state index in [9.17, 15) is 24.5 Å². The second kappa shape index (κ2) is 7.70. The van der Waals surface area contributed by atoms with Crippen LogP contribution >= 0.6 is 0 Å². The van der Waals surface area contributed by atoms with Gasteiger partial charge in [0.25, 0.3) is 11.6 Å². The normalized spacial score (nSPS) is 10.5. The van der Waals surface area contributed by atoms with Crippen LogP contribution in [0.2, 0.25) is 0 Å². The van der Waals surface area contributed by atoms with Crippen LogP contribution in [0, 0.1) is 17.0 Å². The Morgan fingerprint density at radius 3 is 2.64 bits per heavy atom. The Morgan fingerprint density at radius 1 is 1.18 bits per heavy atom. The summed E-state index contributed by atoms with van der Waals surface area (Å²) in [6.45, 7) is 0.976. The van der Waals surface area contributed by atoms with Gasteiger partial charge in [-0.1, -0.05) is 12.1 Å². The highest BCUT2D eigenvalue weighted by Crippen LogP contribution is 2.21. The van der Waals surface area contributed by atoms with Crippen LogP contribution in [0.1, 0.15) is 16.1 Å². The Morgan fingerprint density at radius 2 is 1.93 bits per heavy atom. The van der Waals surface area contributed by atoms with Gasteiger partial charge in [-0.2, -0.15) is 0 Å². The molecule has 0 unspecified atom stereocenters. The lowest BCUT2D eigenvalue weighted by atomic mass is 10.2. The number of anilines is 1. The van der Waals surface area contributed by atoms with Crippen LogP contribution in [-0.2, 0) is 9.53 Å². The summed E-state index contributed by atoms with van der Waals surface area (Å²) in [5, 5.41) is 13.6. The van der Waals surface area contributed by atoms with Gasteiger partial charge in [-0.25, -0.2) is 4.79 Å². The molecule has 3 aromatic rings. The minimum Gasteiger partial charge on any atom is -0.450 e. The monoisotopic (exact) mass is 382 g/mol. The van der Waals surface area contributed by atoms with Crippen LogP contribution in [0.5, 0.6) is 0 Å². The fourth-order valence-electron chi connectivity index (χ4n) is 2.49. The Labute approximate surface area is 157 Å². The number of amides is 1. The summed E-state index contributed by atoms with van der Waals surface area (Å²) in [6.07, 6.45) is 0. The first-order valence-corrected chi connectivity index (χ1v) is 8.10. The number of hydrogen-bond acceptors (Lipinski definition) is 7. The molecular formula is C19H14N2O7. The number of ether oxygens (including phenoxy) is 1. The topological polar surface area (TPSA) is 129 Å². The van der Waals surface area contributed by atoms with Gasteiger partial charge in [-0.05, 0) is 30.7 Å². The highest BCUT2D eigenvalue weighted by atomic mass is 16.6. The molecule has 3 rings (SSSR count). The molecule has 28 heavy (non-hydrogen) atoms. The summed E-state index contributed by atoms with van der Waals surface area (Å²) in [7, 11) is 0. The molecule has 0 spiro atoms. The van der Waals surface area contributed by atoms with Crippen molar-refractivity contribution in [3.63, 3.8) is 0 Å².